The van der Waals surface area contributed by atoms with Gasteiger partial charge in [-0.25, -0.2) is 0 Å². The fourth-order valence-corrected chi connectivity index (χ4v) is 5.42. The Balaban J connectivity index is 1.67. The largest absolute Gasteiger partial charge is 0.463 e. The fourth-order valence-electron chi connectivity index (χ4n) is 4.29. The summed E-state index contributed by atoms with van der Waals surface area (Å²) in [5.74, 6) is -0.941. The minimum absolute atomic E-state index is 0.0885. The van der Waals surface area contributed by atoms with Crippen molar-refractivity contribution in [1.82, 2.24) is 0 Å². The molecule has 4 rings (SSSR count). The van der Waals surface area contributed by atoms with Crippen LogP contribution in [-0.2, 0) is 46.5 Å². The fraction of sp³-hybridized carbons (Fsp3) is 0.355. The van der Waals surface area contributed by atoms with Gasteiger partial charge in [-0.3, -0.25) is 9.59 Å². The van der Waals surface area contributed by atoms with Crippen LogP contribution in [0.4, 0.5) is 0 Å². The van der Waals surface area contributed by atoms with Gasteiger partial charge in [0.15, 0.2) is 6.10 Å². The van der Waals surface area contributed by atoms with Crippen LogP contribution >= 0.6 is 11.8 Å². The van der Waals surface area contributed by atoms with Crippen molar-refractivity contribution in [2.24, 2.45) is 0 Å². The second kappa shape index (κ2) is 14.3. The predicted molar refractivity (Wildman–Crippen MR) is 148 cm³/mol. The lowest BCUT2D eigenvalue weighted by molar-refractivity contribution is -0.246. The number of carbonyl (C=O) groups excluding carboxylic acids is 2. The van der Waals surface area contributed by atoms with Crippen LogP contribution in [0.2, 0.25) is 0 Å². The molecule has 1 heterocycles. The summed E-state index contributed by atoms with van der Waals surface area (Å²) < 4.78 is 30.5. The van der Waals surface area contributed by atoms with Crippen molar-refractivity contribution in [2.75, 3.05) is 6.61 Å². The molecule has 1 aliphatic heterocycles. The third-order valence-electron chi connectivity index (χ3n) is 6.19. The van der Waals surface area contributed by atoms with E-state index in [-0.39, 0.29) is 13.2 Å². The lowest BCUT2D eigenvalue weighted by Crippen LogP contribution is -2.60. The first kappa shape index (κ1) is 28.8. The molecule has 0 bridgehead atoms. The lowest BCUT2D eigenvalue weighted by Gasteiger charge is -2.45. The number of thioether (sulfide) groups is 1. The van der Waals surface area contributed by atoms with Crippen LogP contribution in [0.1, 0.15) is 30.5 Å². The van der Waals surface area contributed by atoms with Gasteiger partial charge in [-0.2, -0.15) is 0 Å². The zero-order chi connectivity index (χ0) is 27.6. The number of benzene rings is 3. The second-order valence-electron chi connectivity index (χ2n) is 9.37. The Morgan fingerprint density at radius 2 is 1.31 bits per heavy atom. The van der Waals surface area contributed by atoms with Gasteiger partial charge in [0.25, 0.3) is 0 Å². The highest BCUT2D eigenvalue weighted by Gasteiger charge is 2.50. The molecule has 206 valence electrons. The van der Waals surface area contributed by atoms with Crippen LogP contribution < -0.4 is 0 Å². The summed E-state index contributed by atoms with van der Waals surface area (Å²) >= 11 is 1.49. The van der Waals surface area contributed by atoms with Crippen LogP contribution in [-0.4, -0.2) is 48.4 Å². The number of ether oxygens (including phenoxy) is 5. The zero-order valence-electron chi connectivity index (χ0n) is 22.4. The number of hydrogen-bond acceptors (Lipinski definition) is 8. The van der Waals surface area contributed by atoms with Crippen molar-refractivity contribution in [1.29, 1.82) is 0 Å². The molecule has 5 atom stereocenters. The molecule has 39 heavy (non-hydrogen) atoms. The van der Waals surface area contributed by atoms with E-state index in [0.717, 1.165) is 21.6 Å². The Labute approximate surface area is 233 Å². The van der Waals surface area contributed by atoms with Crippen molar-refractivity contribution in [3.05, 3.63) is 102 Å². The molecule has 3 aromatic rings. The molecule has 0 unspecified atom stereocenters. The van der Waals surface area contributed by atoms with Gasteiger partial charge in [-0.1, -0.05) is 90.1 Å². The summed E-state index contributed by atoms with van der Waals surface area (Å²) in [7, 11) is 0. The van der Waals surface area contributed by atoms with Gasteiger partial charge in [0.05, 0.1) is 13.2 Å². The number of esters is 2. The Kier molecular flexibility index (Phi) is 10.6. The molecule has 0 aliphatic carbocycles. The van der Waals surface area contributed by atoms with E-state index < -0.39 is 41.8 Å². The normalized spacial score (nSPS) is 22.7. The average molecular weight is 551 g/mol. The Morgan fingerprint density at radius 1 is 0.744 bits per heavy atom. The molecule has 1 aliphatic rings. The molecule has 0 aromatic heterocycles. The van der Waals surface area contributed by atoms with E-state index >= 15 is 0 Å². The third-order valence-corrected chi connectivity index (χ3v) is 7.34. The van der Waals surface area contributed by atoms with Gasteiger partial charge in [0.1, 0.15) is 30.4 Å². The quantitative estimate of drug-likeness (QED) is 0.291. The summed E-state index contributed by atoms with van der Waals surface area (Å²) in [5.41, 5.74) is 2.56. The van der Waals surface area contributed by atoms with Gasteiger partial charge in [0.2, 0.25) is 0 Å². The molecule has 0 N–H and O–H groups in total. The van der Waals surface area contributed by atoms with E-state index in [9.17, 15) is 9.59 Å². The molecule has 8 heteroatoms. The summed E-state index contributed by atoms with van der Waals surface area (Å²) in [6.45, 7) is 5.20. The minimum Gasteiger partial charge on any atom is -0.463 e. The van der Waals surface area contributed by atoms with Gasteiger partial charge in [-0.05, 0) is 30.2 Å². The summed E-state index contributed by atoms with van der Waals surface area (Å²) in [6, 6.07) is 27.7. The Hall–Kier alpha value is -3.17. The van der Waals surface area contributed by atoms with E-state index in [2.05, 4.69) is 0 Å². The second-order valence-corrected chi connectivity index (χ2v) is 10.5. The smallest absolute Gasteiger partial charge is 0.303 e. The monoisotopic (exact) mass is 550 g/mol. The molecular formula is C31H34O7S. The SMILES string of the molecule is CC(=O)OC[C@H]1O[C@@H](Sc2ccc(C)cc2)[C@H](OCc2ccccc2)[C@@H](OCc2ccccc2)[C@@H]1OC(C)=O. The van der Waals surface area contributed by atoms with E-state index in [1.165, 1.54) is 25.6 Å². The van der Waals surface area contributed by atoms with Crippen LogP contribution in [0.3, 0.4) is 0 Å². The highest BCUT2D eigenvalue weighted by molar-refractivity contribution is 7.99. The molecular weight excluding hydrogens is 516 g/mol. The van der Waals surface area contributed by atoms with E-state index in [1.807, 2.05) is 91.9 Å². The third kappa shape index (κ3) is 8.66. The van der Waals surface area contributed by atoms with Gasteiger partial charge in [-0.15, -0.1) is 0 Å². The van der Waals surface area contributed by atoms with Crippen LogP contribution in [0.15, 0.2) is 89.8 Å². The molecule has 1 saturated heterocycles. The first-order chi connectivity index (χ1) is 18.9. The summed E-state index contributed by atoms with van der Waals surface area (Å²) in [4.78, 5) is 24.9. The first-order valence-electron chi connectivity index (χ1n) is 12.9. The molecule has 7 nitrogen and oxygen atoms in total. The van der Waals surface area contributed by atoms with Gasteiger partial charge in [0, 0.05) is 18.7 Å². The minimum atomic E-state index is -0.860. The zero-order valence-corrected chi connectivity index (χ0v) is 23.2. The molecule has 0 saturated carbocycles. The van der Waals surface area contributed by atoms with Crippen molar-refractivity contribution >= 4 is 23.7 Å². The molecule has 3 aromatic carbocycles. The molecule has 1 fully saturated rings. The van der Waals surface area contributed by atoms with Crippen molar-refractivity contribution in [3.63, 3.8) is 0 Å². The average Bonchev–Trinajstić information content (AvgIpc) is 2.93. The number of hydrogen-bond donors (Lipinski definition) is 0. The Morgan fingerprint density at radius 3 is 1.85 bits per heavy atom. The van der Waals surface area contributed by atoms with E-state index in [1.54, 1.807) is 0 Å². The lowest BCUT2D eigenvalue weighted by atomic mass is 9.99. The van der Waals surface area contributed by atoms with Crippen molar-refractivity contribution in [2.45, 2.75) is 68.7 Å². The van der Waals surface area contributed by atoms with Crippen molar-refractivity contribution < 1.29 is 33.3 Å². The number of rotatable bonds is 11. The highest BCUT2D eigenvalue weighted by atomic mass is 32.2. The van der Waals surface area contributed by atoms with Crippen molar-refractivity contribution in [3.8, 4) is 0 Å². The maximum absolute atomic E-state index is 12.2. The maximum atomic E-state index is 12.2. The van der Waals surface area contributed by atoms with E-state index in [0.29, 0.717) is 6.61 Å². The highest BCUT2D eigenvalue weighted by Crippen LogP contribution is 2.38. The number of aryl methyl sites for hydroxylation is 1. The van der Waals surface area contributed by atoms with E-state index in [4.69, 9.17) is 23.7 Å². The van der Waals surface area contributed by atoms with Crippen LogP contribution in [0, 0.1) is 6.92 Å². The first-order valence-corrected chi connectivity index (χ1v) is 13.8. The molecule has 0 amide bonds. The topological polar surface area (TPSA) is 80.3 Å². The Bertz CT molecular complexity index is 1190. The predicted octanol–water partition coefficient (Wildman–Crippen LogP) is 5.48. The van der Waals surface area contributed by atoms with Gasteiger partial charge >= 0.3 is 11.9 Å². The number of carbonyl (C=O) groups is 2. The summed E-state index contributed by atoms with van der Waals surface area (Å²) in [5, 5.41) is 0. The van der Waals surface area contributed by atoms with Gasteiger partial charge < -0.3 is 23.7 Å². The maximum Gasteiger partial charge on any atom is 0.303 e. The van der Waals surface area contributed by atoms with Crippen LogP contribution in [0.25, 0.3) is 0 Å². The van der Waals surface area contributed by atoms with Crippen LogP contribution in [0.5, 0.6) is 0 Å². The molecule has 0 radical (unpaired) electrons. The standard InChI is InChI=1S/C31H34O7S/c1-21-14-16-26(17-15-21)39-31-30(36-19-25-12-8-5-9-13-25)29(35-18-24-10-6-4-7-11-24)28(37-23(3)33)27(38-31)20-34-22(2)32/h4-17,27-31H,18-20H2,1-3H3/t27-,28-,29+,30-,31+/m1/s1. The molecule has 0 spiro atoms. The summed E-state index contributed by atoms with van der Waals surface area (Å²) in [6.07, 6.45) is -2.92.